The first-order valence-corrected chi connectivity index (χ1v) is 12.1. The number of nitrogens with zero attached hydrogens (tertiary/aromatic N) is 2. The summed E-state index contributed by atoms with van der Waals surface area (Å²) in [5.41, 5.74) is 3.79. The maximum atomic E-state index is 15.2. The van der Waals surface area contributed by atoms with E-state index in [1.807, 2.05) is 0 Å². The Hall–Kier alpha value is -3.14. The largest absolute Gasteiger partial charge is 0.573 e. The van der Waals surface area contributed by atoms with Gasteiger partial charge in [-0.15, -0.1) is 13.2 Å². The first-order valence-electron chi connectivity index (χ1n) is 12.1. The zero-order valence-corrected chi connectivity index (χ0v) is 19.8. The number of ether oxygens (including phenoxy) is 2. The van der Waals surface area contributed by atoms with Gasteiger partial charge in [0.25, 0.3) is 5.91 Å². The molecule has 2 aromatic heterocycles. The zero-order chi connectivity index (χ0) is 25.4. The van der Waals surface area contributed by atoms with Crippen LogP contribution in [0.1, 0.15) is 58.8 Å². The fraction of sp³-hybridized carbons (Fsp3) is 0.462. The van der Waals surface area contributed by atoms with Crippen LogP contribution in [0.4, 0.5) is 17.6 Å². The van der Waals surface area contributed by atoms with E-state index in [0.29, 0.717) is 43.6 Å². The molecule has 6 nitrogen and oxygen atoms in total. The minimum absolute atomic E-state index is 0.0775. The monoisotopic (exact) mass is 505 g/mol. The summed E-state index contributed by atoms with van der Waals surface area (Å²) >= 11 is 0. The molecular weight excluding hydrogens is 478 g/mol. The number of fused-ring (bicyclic) bond motifs is 3. The lowest BCUT2D eigenvalue weighted by Crippen LogP contribution is -2.38. The highest BCUT2D eigenvalue weighted by Crippen LogP contribution is 2.39. The van der Waals surface area contributed by atoms with Crippen molar-refractivity contribution in [3.63, 3.8) is 0 Å². The Balaban J connectivity index is 1.34. The molecule has 0 radical (unpaired) electrons. The van der Waals surface area contributed by atoms with Gasteiger partial charge >= 0.3 is 6.36 Å². The van der Waals surface area contributed by atoms with Crippen molar-refractivity contribution in [2.24, 2.45) is 0 Å². The molecule has 1 aliphatic carbocycles. The number of aromatic amines is 1. The van der Waals surface area contributed by atoms with Gasteiger partial charge in [0.15, 0.2) is 0 Å². The third-order valence-corrected chi connectivity index (χ3v) is 7.25. The molecule has 2 aliphatic rings. The standard InChI is InChI=1S/C26H27F4N3O3/c1-35-18-3-2-4-21-19(13-18)23-22(20(27)14-31-24(23)32-21)15-9-11-33(12-10-15)25(34)16-5-7-17(8-6-16)36-26(28,29)30/h5-8,14-15,18H,2-4,9-13H2,1H3,(H,31,32)/t18-/m1/s1. The number of carbonyl (C=O) groups excluding carboxylic acids is 1. The fourth-order valence-corrected chi connectivity index (χ4v) is 5.50. The van der Waals surface area contributed by atoms with E-state index in [9.17, 15) is 18.0 Å². The molecule has 1 atom stereocenters. The van der Waals surface area contributed by atoms with Crippen LogP contribution in [0, 0.1) is 5.82 Å². The number of hydrogen-bond acceptors (Lipinski definition) is 4. The van der Waals surface area contributed by atoms with E-state index in [4.69, 9.17) is 4.74 Å². The van der Waals surface area contributed by atoms with Gasteiger partial charge in [0.05, 0.1) is 12.3 Å². The van der Waals surface area contributed by atoms with Crippen LogP contribution in [0.25, 0.3) is 11.0 Å². The number of aromatic nitrogens is 2. The molecule has 0 saturated carbocycles. The molecule has 10 heteroatoms. The molecule has 0 spiro atoms. The lowest BCUT2D eigenvalue weighted by molar-refractivity contribution is -0.274. The summed E-state index contributed by atoms with van der Waals surface area (Å²) in [5, 5.41) is 0.846. The summed E-state index contributed by atoms with van der Waals surface area (Å²) < 4.78 is 61.9. The number of methoxy groups -OCH3 is 1. The van der Waals surface area contributed by atoms with Crippen molar-refractivity contribution in [1.82, 2.24) is 14.9 Å². The molecule has 0 unspecified atom stereocenters. The maximum absolute atomic E-state index is 15.2. The number of carbonyl (C=O) groups is 1. The molecule has 1 saturated heterocycles. The number of aryl methyl sites for hydroxylation is 1. The van der Waals surface area contributed by atoms with Crippen molar-refractivity contribution < 1.29 is 31.8 Å². The Kier molecular flexibility index (Phi) is 6.63. The van der Waals surface area contributed by atoms with E-state index in [2.05, 4.69) is 14.7 Å². The highest BCUT2D eigenvalue weighted by atomic mass is 19.4. The Morgan fingerprint density at radius 3 is 2.53 bits per heavy atom. The first kappa shape index (κ1) is 24.5. The molecule has 1 amide bonds. The Morgan fingerprint density at radius 2 is 1.86 bits per heavy atom. The molecule has 192 valence electrons. The van der Waals surface area contributed by atoms with E-state index >= 15 is 4.39 Å². The van der Waals surface area contributed by atoms with Gasteiger partial charge in [0, 0.05) is 48.8 Å². The summed E-state index contributed by atoms with van der Waals surface area (Å²) in [5.74, 6) is -1.07. The molecular formula is C26H27F4N3O3. The summed E-state index contributed by atoms with van der Waals surface area (Å²) in [4.78, 5) is 22.3. The molecule has 0 bridgehead atoms. The molecule has 1 N–H and O–H groups in total. The third kappa shape index (κ3) is 4.91. The molecule has 1 aliphatic heterocycles. The van der Waals surface area contributed by atoms with Gasteiger partial charge in [0.2, 0.25) is 0 Å². The Morgan fingerprint density at radius 1 is 1.14 bits per heavy atom. The topological polar surface area (TPSA) is 67.5 Å². The highest BCUT2D eigenvalue weighted by molar-refractivity contribution is 5.94. The minimum atomic E-state index is -4.79. The second-order valence-corrected chi connectivity index (χ2v) is 9.42. The number of hydrogen-bond donors (Lipinski definition) is 1. The van der Waals surface area contributed by atoms with Crippen molar-refractivity contribution in [1.29, 1.82) is 0 Å². The first-order chi connectivity index (χ1) is 17.2. The van der Waals surface area contributed by atoms with Gasteiger partial charge in [-0.2, -0.15) is 0 Å². The predicted octanol–water partition coefficient (Wildman–Crippen LogP) is 5.51. The van der Waals surface area contributed by atoms with Crippen LogP contribution < -0.4 is 4.74 Å². The van der Waals surface area contributed by atoms with Crippen LogP contribution >= 0.6 is 0 Å². The lowest BCUT2D eigenvalue weighted by atomic mass is 9.86. The van der Waals surface area contributed by atoms with Crippen LogP contribution in [0.2, 0.25) is 0 Å². The van der Waals surface area contributed by atoms with E-state index in [1.54, 1.807) is 12.0 Å². The molecule has 1 fully saturated rings. The number of alkyl halides is 3. The SMILES string of the molecule is CO[C@@H]1CCCc2[nH]c3ncc(F)c(C4CCN(C(=O)c5ccc(OC(F)(F)F)cc5)CC4)c3c2C1. The smallest absolute Gasteiger partial charge is 0.406 e. The van der Waals surface area contributed by atoms with Gasteiger partial charge in [-0.25, -0.2) is 9.37 Å². The summed E-state index contributed by atoms with van der Waals surface area (Å²) in [6.07, 6.45) is 1.21. The van der Waals surface area contributed by atoms with Crippen LogP contribution in [0.3, 0.4) is 0 Å². The number of H-pyrrole nitrogens is 1. The summed E-state index contributed by atoms with van der Waals surface area (Å²) in [6, 6.07) is 4.90. The van der Waals surface area contributed by atoms with Gasteiger partial charge in [-0.3, -0.25) is 4.79 Å². The molecule has 3 heterocycles. The summed E-state index contributed by atoms with van der Waals surface area (Å²) in [6.45, 7) is 0.835. The Labute approximate surface area is 205 Å². The van der Waals surface area contributed by atoms with Crippen LogP contribution in [0.15, 0.2) is 30.5 Å². The maximum Gasteiger partial charge on any atom is 0.573 e. The fourth-order valence-electron chi connectivity index (χ4n) is 5.50. The number of rotatable bonds is 4. The lowest BCUT2D eigenvalue weighted by Gasteiger charge is -2.33. The van der Waals surface area contributed by atoms with Crippen LogP contribution in [0.5, 0.6) is 5.75 Å². The molecule has 1 aromatic carbocycles. The highest BCUT2D eigenvalue weighted by Gasteiger charge is 2.32. The van der Waals surface area contributed by atoms with E-state index in [0.717, 1.165) is 48.0 Å². The van der Waals surface area contributed by atoms with Gasteiger partial charge < -0.3 is 19.4 Å². The second kappa shape index (κ2) is 9.72. The van der Waals surface area contributed by atoms with E-state index in [1.165, 1.54) is 18.3 Å². The van der Waals surface area contributed by atoms with E-state index in [-0.39, 0.29) is 35.1 Å². The number of piperidine rings is 1. The average molecular weight is 506 g/mol. The molecule has 5 rings (SSSR count). The number of amides is 1. The van der Waals surface area contributed by atoms with Crippen molar-refractivity contribution in [3.8, 4) is 5.75 Å². The number of nitrogens with one attached hydrogen (secondary N) is 1. The normalized spacial score (nSPS) is 19.2. The van der Waals surface area contributed by atoms with Crippen molar-refractivity contribution in [2.75, 3.05) is 20.2 Å². The van der Waals surface area contributed by atoms with E-state index < -0.39 is 6.36 Å². The average Bonchev–Trinajstić information content (AvgIpc) is 3.06. The number of halogens is 4. The van der Waals surface area contributed by atoms with Crippen molar-refractivity contribution in [3.05, 3.63) is 58.7 Å². The quantitative estimate of drug-likeness (QED) is 0.375. The van der Waals surface area contributed by atoms with Crippen LogP contribution in [-0.2, 0) is 17.6 Å². The second-order valence-electron chi connectivity index (χ2n) is 9.42. The van der Waals surface area contributed by atoms with Crippen LogP contribution in [-0.4, -0.2) is 53.4 Å². The van der Waals surface area contributed by atoms with Gasteiger partial charge in [0.1, 0.15) is 17.2 Å². The van der Waals surface area contributed by atoms with Crippen molar-refractivity contribution >= 4 is 16.9 Å². The van der Waals surface area contributed by atoms with Crippen molar-refractivity contribution in [2.45, 2.75) is 56.9 Å². The van der Waals surface area contributed by atoms with Gasteiger partial charge in [-0.05, 0) is 67.9 Å². The Bertz CT molecular complexity index is 1250. The zero-order valence-electron chi connectivity index (χ0n) is 19.8. The number of pyridine rings is 1. The minimum Gasteiger partial charge on any atom is -0.406 e. The van der Waals surface area contributed by atoms with Gasteiger partial charge in [-0.1, -0.05) is 0 Å². The third-order valence-electron chi connectivity index (χ3n) is 7.25. The molecule has 3 aromatic rings. The predicted molar refractivity (Wildman–Crippen MR) is 124 cm³/mol. The number of likely N-dealkylation sites (tertiary alicyclic amines) is 1. The number of benzene rings is 1. The molecule has 36 heavy (non-hydrogen) atoms. The summed E-state index contributed by atoms with van der Waals surface area (Å²) in [7, 11) is 1.70.